The molecule has 0 heterocycles. The largest absolute Gasteiger partial charge is 0.313 e. The molecular formula is C14H22ClN. The van der Waals surface area contributed by atoms with E-state index < -0.39 is 0 Å². The van der Waals surface area contributed by atoms with Crippen LogP contribution in [0.5, 0.6) is 0 Å². The van der Waals surface area contributed by atoms with Gasteiger partial charge < -0.3 is 5.32 Å². The van der Waals surface area contributed by atoms with Gasteiger partial charge in [0.1, 0.15) is 0 Å². The monoisotopic (exact) mass is 239 g/mol. The molecule has 0 aliphatic heterocycles. The molecule has 0 unspecified atom stereocenters. The summed E-state index contributed by atoms with van der Waals surface area (Å²) >= 11 is 5.82. The van der Waals surface area contributed by atoms with Crippen molar-refractivity contribution in [3.05, 3.63) is 34.9 Å². The van der Waals surface area contributed by atoms with Crippen LogP contribution in [0.3, 0.4) is 0 Å². The highest BCUT2D eigenvalue weighted by Gasteiger charge is 1.95. The van der Waals surface area contributed by atoms with E-state index in [2.05, 4.69) is 31.3 Å². The predicted octanol–water partition coefficient (Wildman–Crippen LogP) is 4.26. The van der Waals surface area contributed by atoms with Crippen LogP contribution in [0.15, 0.2) is 24.3 Å². The molecule has 1 aromatic rings. The number of benzene rings is 1. The lowest BCUT2D eigenvalue weighted by molar-refractivity contribution is 0.520. The lowest BCUT2D eigenvalue weighted by Crippen LogP contribution is -2.14. The second kappa shape index (κ2) is 7.70. The van der Waals surface area contributed by atoms with Crippen molar-refractivity contribution in [1.29, 1.82) is 0 Å². The molecule has 0 atom stereocenters. The maximum Gasteiger partial charge on any atom is 0.0406 e. The third-order valence-corrected chi connectivity index (χ3v) is 2.88. The Morgan fingerprint density at radius 1 is 1.12 bits per heavy atom. The number of rotatable bonds is 7. The SMILES string of the molecule is CC(C)CCCCNCc1ccc(Cl)cc1. The summed E-state index contributed by atoms with van der Waals surface area (Å²) in [6.45, 7) is 6.61. The van der Waals surface area contributed by atoms with Crippen LogP contribution in [0.2, 0.25) is 5.02 Å². The van der Waals surface area contributed by atoms with Gasteiger partial charge in [0.2, 0.25) is 0 Å². The van der Waals surface area contributed by atoms with Gasteiger partial charge in [0, 0.05) is 11.6 Å². The Morgan fingerprint density at radius 2 is 1.81 bits per heavy atom. The topological polar surface area (TPSA) is 12.0 Å². The zero-order valence-electron chi connectivity index (χ0n) is 10.3. The van der Waals surface area contributed by atoms with Gasteiger partial charge in [-0.05, 0) is 36.6 Å². The summed E-state index contributed by atoms with van der Waals surface area (Å²) in [5.74, 6) is 0.830. The molecule has 0 radical (unpaired) electrons. The molecule has 1 aromatic carbocycles. The number of hydrogen-bond donors (Lipinski definition) is 1. The molecule has 0 spiro atoms. The summed E-state index contributed by atoms with van der Waals surface area (Å²) < 4.78 is 0. The fourth-order valence-electron chi connectivity index (χ4n) is 1.64. The minimum atomic E-state index is 0.806. The average Bonchev–Trinajstić information content (AvgIpc) is 2.25. The summed E-state index contributed by atoms with van der Waals surface area (Å²) in [6, 6.07) is 8.03. The first-order chi connectivity index (χ1) is 7.68. The van der Waals surface area contributed by atoms with Gasteiger partial charge in [0.15, 0.2) is 0 Å². The Bertz CT molecular complexity index is 279. The van der Waals surface area contributed by atoms with Crippen molar-refractivity contribution < 1.29 is 0 Å². The molecule has 0 aliphatic carbocycles. The van der Waals surface area contributed by atoms with E-state index >= 15 is 0 Å². The zero-order chi connectivity index (χ0) is 11.8. The molecule has 0 aliphatic rings. The zero-order valence-corrected chi connectivity index (χ0v) is 11.1. The van der Waals surface area contributed by atoms with Gasteiger partial charge in [-0.1, -0.05) is 50.4 Å². The predicted molar refractivity (Wildman–Crippen MR) is 71.8 cm³/mol. The van der Waals surface area contributed by atoms with E-state index in [1.54, 1.807) is 0 Å². The van der Waals surface area contributed by atoms with Gasteiger partial charge in [0.05, 0.1) is 0 Å². The van der Waals surface area contributed by atoms with Crippen LogP contribution in [-0.4, -0.2) is 6.54 Å². The second-order valence-corrected chi connectivity index (χ2v) is 5.13. The number of hydrogen-bond acceptors (Lipinski definition) is 1. The van der Waals surface area contributed by atoms with Gasteiger partial charge in [0.25, 0.3) is 0 Å². The van der Waals surface area contributed by atoms with Crippen molar-refractivity contribution in [2.75, 3.05) is 6.54 Å². The van der Waals surface area contributed by atoms with Crippen molar-refractivity contribution in [2.45, 2.75) is 39.7 Å². The number of unbranched alkanes of at least 4 members (excludes halogenated alkanes) is 1. The van der Waals surface area contributed by atoms with E-state index in [1.807, 2.05) is 12.1 Å². The lowest BCUT2D eigenvalue weighted by Gasteiger charge is -2.06. The molecule has 1 rings (SSSR count). The van der Waals surface area contributed by atoms with Crippen molar-refractivity contribution in [2.24, 2.45) is 5.92 Å². The third-order valence-electron chi connectivity index (χ3n) is 2.63. The lowest BCUT2D eigenvalue weighted by atomic mass is 10.1. The summed E-state index contributed by atoms with van der Waals surface area (Å²) in [5.41, 5.74) is 1.30. The highest BCUT2D eigenvalue weighted by atomic mass is 35.5. The van der Waals surface area contributed by atoms with Crippen LogP contribution in [0.25, 0.3) is 0 Å². The molecule has 0 aromatic heterocycles. The number of nitrogens with one attached hydrogen (secondary N) is 1. The Balaban J connectivity index is 2.05. The fourth-order valence-corrected chi connectivity index (χ4v) is 1.76. The summed E-state index contributed by atoms with van der Waals surface area (Å²) in [6.07, 6.45) is 3.93. The molecule has 0 saturated heterocycles. The van der Waals surface area contributed by atoms with E-state index in [4.69, 9.17) is 11.6 Å². The maximum atomic E-state index is 5.82. The molecule has 0 fully saturated rings. The van der Waals surface area contributed by atoms with Crippen molar-refractivity contribution in [3.8, 4) is 0 Å². The van der Waals surface area contributed by atoms with E-state index in [0.29, 0.717) is 0 Å². The normalized spacial score (nSPS) is 11.0. The third kappa shape index (κ3) is 6.14. The molecule has 0 amide bonds. The molecule has 2 heteroatoms. The van der Waals surface area contributed by atoms with Crippen LogP contribution in [0.4, 0.5) is 0 Å². The summed E-state index contributed by atoms with van der Waals surface area (Å²) in [5, 5.41) is 4.26. The first-order valence-electron chi connectivity index (χ1n) is 6.13. The Morgan fingerprint density at radius 3 is 2.44 bits per heavy atom. The molecule has 0 bridgehead atoms. The maximum absolute atomic E-state index is 5.82. The van der Waals surface area contributed by atoms with Gasteiger partial charge in [-0.15, -0.1) is 0 Å². The highest BCUT2D eigenvalue weighted by molar-refractivity contribution is 6.30. The van der Waals surface area contributed by atoms with Gasteiger partial charge >= 0.3 is 0 Å². The highest BCUT2D eigenvalue weighted by Crippen LogP contribution is 2.09. The molecule has 16 heavy (non-hydrogen) atoms. The van der Waals surface area contributed by atoms with Crippen LogP contribution in [0, 0.1) is 5.92 Å². The van der Waals surface area contributed by atoms with Crippen molar-refractivity contribution in [3.63, 3.8) is 0 Å². The molecule has 1 nitrogen and oxygen atoms in total. The molecular weight excluding hydrogens is 218 g/mol. The quantitative estimate of drug-likeness (QED) is 0.702. The van der Waals surface area contributed by atoms with E-state index in [0.717, 1.165) is 24.0 Å². The molecule has 1 N–H and O–H groups in total. The second-order valence-electron chi connectivity index (χ2n) is 4.69. The van der Waals surface area contributed by atoms with Gasteiger partial charge in [-0.3, -0.25) is 0 Å². The molecule has 90 valence electrons. The van der Waals surface area contributed by atoms with Crippen LogP contribution < -0.4 is 5.32 Å². The van der Waals surface area contributed by atoms with Gasteiger partial charge in [-0.2, -0.15) is 0 Å². The van der Waals surface area contributed by atoms with Crippen molar-refractivity contribution in [1.82, 2.24) is 5.32 Å². The van der Waals surface area contributed by atoms with Crippen LogP contribution in [-0.2, 0) is 6.54 Å². The summed E-state index contributed by atoms with van der Waals surface area (Å²) in [4.78, 5) is 0. The molecule has 0 saturated carbocycles. The fraction of sp³-hybridized carbons (Fsp3) is 0.571. The smallest absolute Gasteiger partial charge is 0.0406 e. The minimum absolute atomic E-state index is 0.806. The van der Waals surface area contributed by atoms with Crippen LogP contribution >= 0.6 is 11.6 Å². The minimum Gasteiger partial charge on any atom is -0.313 e. The average molecular weight is 240 g/mol. The Kier molecular flexibility index (Phi) is 6.51. The Labute approximate surface area is 104 Å². The first kappa shape index (κ1) is 13.5. The van der Waals surface area contributed by atoms with E-state index in [9.17, 15) is 0 Å². The first-order valence-corrected chi connectivity index (χ1v) is 6.51. The summed E-state index contributed by atoms with van der Waals surface area (Å²) in [7, 11) is 0. The van der Waals surface area contributed by atoms with Gasteiger partial charge in [-0.25, -0.2) is 0 Å². The van der Waals surface area contributed by atoms with E-state index in [-0.39, 0.29) is 0 Å². The van der Waals surface area contributed by atoms with Crippen LogP contribution in [0.1, 0.15) is 38.7 Å². The Hall–Kier alpha value is -0.530. The number of halogens is 1. The van der Waals surface area contributed by atoms with Crippen molar-refractivity contribution >= 4 is 11.6 Å². The standard InChI is InChI=1S/C14H22ClN/c1-12(2)5-3-4-10-16-11-13-6-8-14(15)9-7-13/h6-9,12,16H,3-5,10-11H2,1-2H3. The van der Waals surface area contributed by atoms with E-state index in [1.165, 1.54) is 24.8 Å².